The predicted molar refractivity (Wildman–Crippen MR) is 99.5 cm³/mol. The van der Waals surface area contributed by atoms with Crippen LogP contribution in [0.2, 0.25) is 5.02 Å². The van der Waals surface area contributed by atoms with Crippen molar-refractivity contribution in [2.24, 2.45) is 7.05 Å². The fourth-order valence-electron chi connectivity index (χ4n) is 2.54. The van der Waals surface area contributed by atoms with Crippen molar-refractivity contribution < 1.29 is 9.47 Å². The summed E-state index contributed by atoms with van der Waals surface area (Å²) >= 11 is 7.76. The molecule has 1 aromatic heterocycles. The van der Waals surface area contributed by atoms with E-state index in [4.69, 9.17) is 21.1 Å². The third-order valence-electron chi connectivity index (χ3n) is 4.16. The molecule has 8 heteroatoms. The van der Waals surface area contributed by atoms with Crippen molar-refractivity contribution in [1.29, 1.82) is 0 Å². The second-order valence-corrected chi connectivity index (χ2v) is 7.43. The predicted octanol–water partition coefficient (Wildman–Crippen LogP) is 2.78. The normalized spacial score (nSPS) is 15.5. The molecular weight excluding hydrogens is 360 g/mol. The van der Waals surface area contributed by atoms with Crippen LogP contribution in [0.4, 0.5) is 0 Å². The van der Waals surface area contributed by atoms with E-state index in [9.17, 15) is 0 Å². The van der Waals surface area contributed by atoms with Gasteiger partial charge >= 0.3 is 0 Å². The van der Waals surface area contributed by atoms with Crippen LogP contribution < -0.4 is 4.74 Å². The lowest BCUT2D eigenvalue weighted by atomic mass is 10.2. The monoisotopic (exact) mass is 382 g/mol. The molecule has 2 aromatic rings. The van der Waals surface area contributed by atoms with Crippen molar-refractivity contribution in [3.63, 3.8) is 0 Å². The van der Waals surface area contributed by atoms with Crippen molar-refractivity contribution in [2.75, 3.05) is 38.6 Å². The summed E-state index contributed by atoms with van der Waals surface area (Å²) in [6, 6.07) is 5.64. The van der Waals surface area contributed by atoms with Gasteiger partial charge in [0.25, 0.3) is 0 Å². The number of morpholine rings is 1. The highest BCUT2D eigenvalue weighted by molar-refractivity contribution is 7.99. The van der Waals surface area contributed by atoms with E-state index in [1.807, 2.05) is 36.7 Å². The Morgan fingerprint density at radius 1 is 1.28 bits per heavy atom. The first-order chi connectivity index (χ1) is 12.1. The van der Waals surface area contributed by atoms with Crippen molar-refractivity contribution >= 4 is 23.4 Å². The summed E-state index contributed by atoms with van der Waals surface area (Å²) in [6.07, 6.45) is 0. The summed E-state index contributed by atoms with van der Waals surface area (Å²) in [5.74, 6) is 2.58. The van der Waals surface area contributed by atoms with Gasteiger partial charge in [-0.15, -0.1) is 10.2 Å². The standard InChI is InChI=1S/C17H23ClN4O2S/c1-13-11-14(3-4-15(13)18)24-12-16-19-20-17(21(16)2)25-10-7-22-5-8-23-9-6-22/h3-4,11H,5-10,12H2,1-2H3. The number of aryl methyl sites for hydroxylation is 1. The molecule has 0 atom stereocenters. The van der Waals surface area contributed by atoms with E-state index < -0.39 is 0 Å². The van der Waals surface area contributed by atoms with Crippen LogP contribution in [0.3, 0.4) is 0 Å². The molecule has 0 unspecified atom stereocenters. The highest BCUT2D eigenvalue weighted by Crippen LogP contribution is 2.22. The fourth-order valence-corrected chi connectivity index (χ4v) is 3.59. The zero-order valence-electron chi connectivity index (χ0n) is 14.6. The summed E-state index contributed by atoms with van der Waals surface area (Å²) in [5, 5.41) is 10.2. The number of thioether (sulfide) groups is 1. The molecule has 25 heavy (non-hydrogen) atoms. The molecule has 6 nitrogen and oxygen atoms in total. The molecule has 1 saturated heterocycles. The molecule has 3 rings (SSSR count). The van der Waals surface area contributed by atoms with Gasteiger partial charge in [-0.25, -0.2) is 0 Å². The number of ether oxygens (including phenoxy) is 2. The minimum atomic E-state index is 0.384. The van der Waals surface area contributed by atoms with Crippen LogP contribution in [-0.4, -0.2) is 58.3 Å². The number of rotatable bonds is 7. The van der Waals surface area contributed by atoms with E-state index in [0.29, 0.717) is 6.61 Å². The molecule has 0 bridgehead atoms. The van der Waals surface area contributed by atoms with Crippen LogP contribution in [0.25, 0.3) is 0 Å². The lowest BCUT2D eigenvalue weighted by molar-refractivity contribution is 0.0410. The molecule has 0 saturated carbocycles. The summed E-state index contributed by atoms with van der Waals surface area (Å²) < 4.78 is 13.2. The maximum atomic E-state index is 6.04. The SMILES string of the molecule is Cc1cc(OCc2nnc(SCCN3CCOCC3)n2C)ccc1Cl. The molecule has 1 fully saturated rings. The molecule has 0 N–H and O–H groups in total. The van der Waals surface area contributed by atoms with E-state index >= 15 is 0 Å². The summed E-state index contributed by atoms with van der Waals surface area (Å²) in [5.41, 5.74) is 0.997. The van der Waals surface area contributed by atoms with Gasteiger partial charge in [0, 0.05) is 37.5 Å². The molecule has 0 spiro atoms. The minimum absolute atomic E-state index is 0.384. The average molecular weight is 383 g/mol. The molecule has 1 aromatic carbocycles. The number of hydrogen-bond donors (Lipinski definition) is 0. The summed E-state index contributed by atoms with van der Waals surface area (Å²) in [7, 11) is 1.98. The van der Waals surface area contributed by atoms with Crippen LogP contribution in [0.1, 0.15) is 11.4 Å². The lowest BCUT2D eigenvalue weighted by Crippen LogP contribution is -2.37. The van der Waals surface area contributed by atoms with E-state index in [2.05, 4.69) is 15.1 Å². The van der Waals surface area contributed by atoms with Crippen molar-refractivity contribution in [1.82, 2.24) is 19.7 Å². The highest BCUT2D eigenvalue weighted by Gasteiger charge is 2.13. The van der Waals surface area contributed by atoms with E-state index in [1.165, 1.54) is 0 Å². The quantitative estimate of drug-likeness (QED) is 0.686. The maximum Gasteiger partial charge on any atom is 0.191 e. The van der Waals surface area contributed by atoms with Crippen LogP contribution in [0, 0.1) is 6.92 Å². The Morgan fingerprint density at radius 3 is 2.84 bits per heavy atom. The van der Waals surface area contributed by atoms with Crippen LogP contribution in [0.15, 0.2) is 23.4 Å². The average Bonchev–Trinajstić information content (AvgIpc) is 2.97. The van der Waals surface area contributed by atoms with Crippen molar-refractivity contribution in [3.8, 4) is 5.75 Å². The van der Waals surface area contributed by atoms with Crippen molar-refractivity contribution in [3.05, 3.63) is 34.6 Å². The number of hydrogen-bond acceptors (Lipinski definition) is 6. The topological polar surface area (TPSA) is 52.4 Å². The molecular formula is C17H23ClN4O2S. The van der Waals surface area contributed by atoms with Gasteiger partial charge in [0.1, 0.15) is 12.4 Å². The summed E-state index contributed by atoms with van der Waals surface area (Å²) in [4.78, 5) is 2.42. The van der Waals surface area contributed by atoms with Gasteiger partial charge in [0.05, 0.1) is 13.2 Å². The largest absolute Gasteiger partial charge is 0.486 e. The van der Waals surface area contributed by atoms with Gasteiger partial charge in [0.15, 0.2) is 11.0 Å². The lowest BCUT2D eigenvalue weighted by Gasteiger charge is -2.26. The molecule has 1 aliphatic rings. The smallest absolute Gasteiger partial charge is 0.191 e. The minimum Gasteiger partial charge on any atom is -0.486 e. The zero-order chi connectivity index (χ0) is 17.6. The molecule has 1 aliphatic heterocycles. The Morgan fingerprint density at radius 2 is 2.08 bits per heavy atom. The van der Waals surface area contributed by atoms with E-state index in [-0.39, 0.29) is 0 Å². The van der Waals surface area contributed by atoms with Gasteiger partial charge in [-0.1, -0.05) is 23.4 Å². The second kappa shape index (κ2) is 8.89. The molecule has 0 aliphatic carbocycles. The Bertz CT molecular complexity index is 704. The maximum absolute atomic E-state index is 6.04. The van der Waals surface area contributed by atoms with Gasteiger partial charge in [0.2, 0.25) is 0 Å². The fraction of sp³-hybridized carbons (Fsp3) is 0.529. The van der Waals surface area contributed by atoms with E-state index in [1.54, 1.807) is 11.8 Å². The van der Waals surface area contributed by atoms with Crippen LogP contribution in [0.5, 0.6) is 5.75 Å². The number of nitrogens with zero attached hydrogens (tertiary/aromatic N) is 4. The first-order valence-electron chi connectivity index (χ1n) is 8.33. The summed E-state index contributed by atoms with van der Waals surface area (Å²) in [6.45, 7) is 7.07. The van der Waals surface area contributed by atoms with Gasteiger partial charge < -0.3 is 14.0 Å². The second-order valence-electron chi connectivity index (χ2n) is 5.96. The van der Waals surface area contributed by atoms with Crippen LogP contribution in [-0.2, 0) is 18.4 Å². The Hall–Kier alpha value is -1.28. The third-order valence-corrected chi connectivity index (χ3v) is 5.59. The first-order valence-corrected chi connectivity index (χ1v) is 9.70. The van der Waals surface area contributed by atoms with Gasteiger partial charge in [-0.2, -0.15) is 0 Å². The highest BCUT2D eigenvalue weighted by atomic mass is 35.5. The zero-order valence-corrected chi connectivity index (χ0v) is 16.1. The Labute approximate surface area is 157 Å². The van der Waals surface area contributed by atoms with Crippen LogP contribution >= 0.6 is 23.4 Å². The molecule has 136 valence electrons. The van der Waals surface area contributed by atoms with Gasteiger partial charge in [-0.05, 0) is 30.7 Å². The van der Waals surface area contributed by atoms with E-state index in [0.717, 1.165) is 65.9 Å². The molecule has 0 amide bonds. The van der Waals surface area contributed by atoms with Gasteiger partial charge in [-0.3, -0.25) is 4.90 Å². The molecule has 0 radical (unpaired) electrons. The number of halogens is 1. The first kappa shape index (κ1) is 18.5. The van der Waals surface area contributed by atoms with Crippen molar-refractivity contribution in [2.45, 2.75) is 18.7 Å². The number of aromatic nitrogens is 3. The third kappa shape index (κ3) is 5.10. The Balaban J connectivity index is 1.49. The molecule has 2 heterocycles. The number of benzene rings is 1. The Kier molecular flexibility index (Phi) is 6.58.